The molecule has 1 heterocycles. The molecule has 2 rings (SSSR count). The quantitative estimate of drug-likeness (QED) is 0.746. The van der Waals surface area contributed by atoms with Gasteiger partial charge in [-0.15, -0.1) is 0 Å². The van der Waals surface area contributed by atoms with Gasteiger partial charge < -0.3 is 10.1 Å². The second-order valence-electron chi connectivity index (χ2n) is 3.81. The number of nitrogens with zero attached hydrogens (tertiary/aromatic N) is 1. The van der Waals surface area contributed by atoms with Crippen molar-refractivity contribution >= 4 is 10.0 Å². The first-order valence-electron chi connectivity index (χ1n) is 5.39. The Morgan fingerprint density at radius 2 is 2.21 bits per heavy atom. The van der Waals surface area contributed by atoms with E-state index in [4.69, 9.17) is 5.11 Å². The molecule has 0 aliphatic carbocycles. The number of aliphatic hydroxyl groups is 1. The third-order valence-corrected chi connectivity index (χ3v) is 3.98. The summed E-state index contributed by atoms with van der Waals surface area (Å²) >= 11 is 0. The molecule has 0 aliphatic heterocycles. The standard InChI is InChI=1S/C11H12FN3O3S/c12-9-2-1-8(6-16)11(3-9)19(17,18)15-5-10-4-13-7-14-10/h1-4,7,15-16H,5-6H2,(H,13,14). The lowest BCUT2D eigenvalue weighted by Gasteiger charge is -2.09. The van der Waals surface area contributed by atoms with Crippen LogP contribution in [0.3, 0.4) is 0 Å². The number of imidazole rings is 1. The van der Waals surface area contributed by atoms with Crippen LogP contribution in [0.1, 0.15) is 11.3 Å². The minimum Gasteiger partial charge on any atom is -0.392 e. The van der Waals surface area contributed by atoms with Crippen molar-refractivity contribution in [2.24, 2.45) is 0 Å². The zero-order valence-electron chi connectivity index (χ0n) is 9.80. The van der Waals surface area contributed by atoms with Crippen molar-refractivity contribution in [2.75, 3.05) is 0 Å². The monoisotopic (exact) mass is 285 g/mol. The molecule has 0 bridgehead atoms. The van der Waals surface area contributed by atoms with E-state index in [1.165, 1.54) is 18.6 Å². The summed E-state index contributed by atoms with van der Waals surface area (Å²) in [5.41, 5.74) is 0.712. The average Bonchev–Trinajstić information content (AvgIpc) is 2.89. The molecule has 0 radical (unpaired) electrons. The van der Waals surface area contributed by atoms with Crippen LogP contribution in [0.15, 0.2) is 35.6 Å². The Labute approximate surface area is 109 Å². The number of nitrogens with one attached hydrogen (secondary N) is 2. The van der Waals surface area contributed by atoms with Gasteiger partial charge in [-0.2, -0.15) is 0 Å². The summed E-state index contributed by atoms with van der Waals surface area (Å²) in [6.07, 6.45) is 2.89. The highest BCUT2D eigenvalue weighted by Gasteiger charge is 2.19. The molecule has 0 atom stereocenters. The van der Waals surface area contributed by atoms with Crippen molar-refractivity contribution in [3.05, 3.63) is 47.8 Å². The van der Waals surface area contributed by atoms with Crippen LogP contribution in [-0.4, -0.2) is 23.5 Å². The van der Waals surface area contributed by atoms with Crippen molar-refractivity contribution < 1.29 is 17.9 Å². The Morgan fingerprint density at radius 1 is 1.42 bits per heavy atom. The van der Waals surface area contributed by atoms with E-state index >= 15 is 0 Å². The van der Waals surface area contributed by atoms with E-state index in [1.807, 2.05) is 0 Å². The smallest absolute Gasteiger partial charge is 0.241 e. The average molecular weight is 285 g/mol. The van der Waals surface area contributed by atoms with Crippen molar-refractivity contribution in [2.45, 2.75) is 18.0 Å². The van der Waals surface area contributed by atoms with Gasteiger partial charge in [-0.1, -0.05) is 6.07 Å². The maximum absolute atomic E-state index is 13.1. The van der Waals surface area contributed by atoms with Gasteiger partial charge >= 0.3 is 0 Å². The van der Waals surface area contributed by atoms with E-state index in [2.05, 4.69) is 14.7 Å². The summed E-state index contributed by atoms with van der Waals surface area (Å²) in [4.78, 5) is 6.22. The highest BCUT2D eigenvalue weighted by Crippen LogP contribution is 2.17. The molecule has 0 saturated carbocycles. The second kappa shape index (κ2) is 5.47. The Balaban J connectivity index is 2.26. The maximum atomic E-state index is 13.1. The van der Waals surface area contributed by atoms with Crippen LogP contribution in [0, 0.1) is 5.82 Å². The fourth-order valence-corrected chi connectivity index (χ4v) is 2.79. The lowest BCUT2D eigenvalue weighted by Crippen LogP contribution is -2.24. The third kappa shape index (κ3) is 3.16. The molecule has 102 valence electrons. The number of hydrogen-bond donors (Lipinski definition) is 3. The molecule has 3 N–H and O–H groups in total. The van der Waals surface area contributed by atoms with E-state index in [1.54, 1.807) is 0 Å². The lowest BCUT2D eigenvalue weighted by molar-refractivity contribution is 0.278. The number of aliphatic hydroxyl groups excluding tert-OH is 1. The zero-order valence-corrected chi connectivity index (χ0v) is 10.6. The van der Waals surface area contributed by atoms with Crippen LogP contribution in [0.25, 0.3) is 0 Å². The first-order valence-corrected chi connectivity index (χ1v) is 6.87. The van der Waals surface area contributed by atoms with Gasteiger partial charge in [0.25, 0.3) is 0 Å². The molecule has 1 aromatic heterocycles. The maximum Gasteiger partial charge on any atom is 0.241 e. The Hall–Kier alpha value is -1.77. The van der Waals surface area contributed by atoms with Crippen LogP contribution >= 0.6 is 0 Å². The molecule has 0 unspecified atom stereocenters. The minimum absolute atomic E-state index is 0.00369. The first-order chi connectivity index (χ1) is 9.03. The molecule has 1 aromatic carbocycles. The molecule has 6 nitrogen and oxygen atoms in total. The third-order valence-electron chi connectivity index (χ3n) is 2.50. The Kier molecular flexibility index (Phi) is 3.93. The number of aromatic nitrogens is 2. The number of halogens is 1. The summed E-state index contributed by atoms with van der Waals surface area (Å²) in [5, 5.41) is 9.09. The fraction of sp³-hybridized carbons (Fsp3) is 0.182. The zero-order chi connectivity index (χ0) is 13.9. The van der Waals surface area contributed by atoms with E-state index in [9.17, 15) is 12.8 Å². The molecule has 0 aliphatic rings. The summed E-state index contributed by atoms with van der Waals surface area (Å²) in [6.45, 7) is -0.482. The molecule has 2 aromatic rings. The van der Waals surface area contributed by atoms with Gasteiger partial charge in [0.15, 0.2) is 0 Å². The number of rotatable bonds is 5. The van der Waals surface area contributed by atoms with Crippen LogP contribution in [-0.2, 0) is 23.2 Å². The number of aromatic amines is 1. The number of H-pyrrole nitrogens is 1. The van der Waals surface area contributed by atoms with Crippen molar-refractivity contribution in [1.82, 2.24) is 14.7 Å². The summed E-state index contributed by atoms with van der Waals surface area (Å²) < 4.78 is 39.5. The topological polar surface area (TPSA) is 95.1 Å². The fourth-order valence-electron chi connectivity index (χ4n) is 1.54. The molecule has 0 saturated heterocycles. The van der Waals surface area contributed by atoms with E-state index in [0.29, 0.717) is 5.69 Å². The SMILES string of the molecule is O=S(=O)(NCc1cnc[nH]1)c1cc(F)ccc1CO. The van der Waals surface area contributed by atoms with Crippen molar-refractivity contribution in [3.63, 3.8) is 0 Å². The first kappa shape index (κ1) is 13.7. The second-order valence-corrected chi connectivity index (χ2v) is 5.55. The minimum atomic E-state index is -3.90. The summed E-state index contributed by atoms with van der Waals surface area (Å²) in [6, 6.07) is 3.21. The van der Waals surface area contributed by atoms with Gasteiger partial charge in [-0.05, 0) is 17.7 Å². The van der Waals surface area contributed by atoms with Crippen molar-refractivity contribution in [3.8, 4) is 0 Å². The highest BCUT2D eigenvalue weighted by atomic mass is 32.2. The van der Waals surface area contributed by atoms with Gasteiger partial charge in [0.05, 0.1) is 24.4 Å². The largest absolute Gasteiger partial charge is 0.392 e. The molecule has 0 fully saturated rings. The normalized spacial score (nSPS) is 11.7. The molecule has 0 spiro atoms. The number of hydrogen-bond acceptors (Lipinski definition) is 4. The summed E-state index contributed by atoms with van der Waals surface area (Å²) in [7, 11) is -3.90. The lowest BCUT2D eigenvalue weighted by atomic mass is 10.2. The molecule has 0 amide bonds. The van der Waals surface area contributed by atoms with E-state index < -0.39 is 22.4 Å². The van der Waals surface area contributed by atoms with Gasteiger partial charge in [-0.25, -0.2) is 22.5 Å². The van der Waals surface area contributed by atoms with E-state index in [-0.39, 0.29) is 17.0 Å². The van der Waals surface area contributed by atoms with E-state index in [0.717, 1.165) is 12.1 Å². The van der Waals surface area contributed by atoms with Gasteiger partial charge in [0.2, 0.25) is 10.0 Å². The highest BCUT2D eigenvalue weighted by molar-refractivity contribution is 7.89. The summed E-state index contributed by atoms with van der Waals surface area (Å²) in [5.74, 6) is -0.681. The van der Waals surface area contributed by atoms with Crippen molar-refractivity contribution in [1.29, 1.82) is 0 Å². The van der Waals surface area contributed by atoms with Gasteiger partial charge in [0.1, 0.15) is 5.82 Å². The molecular formula is C11H12FN3O3S. The molecule has 19 heavy (non-hydrogen) atoms. The predicted octanol–water partition coefficient (Wildman–Crippen LogP) is 0.520. The number of benzene rings is 1. The molecular weight excluding hydrogens is 273 g/mol. The van der Waals surface area contributed by atoms with Crippen LogP contribution in [0.2, 0.25) is 0 Å². The van der Waals surface area contributed by atoms with Crippen LogP contribution < -0.4 is 4.72 Å². The number of sulfonamides is 1. The molecule has 8 heteroatoms. The predicted molar refractivity (Wildman–Crippen MR) is 64.9 cm³/mol. The Morgan fingerprint density at radius 3 is 2.84 bits per heavy atom. The van der Waals surface area contributed by atoms with Gasteiger partial charge in [0, 0.05) is 11.9 Å². The van der Waals surface area contributed by atoms with Crippen LogP contribution in [0.4, 0.5) is 4.39 Å². The van der Waals surface area contributed by atoms with Crippen LogP contribution in [0.5, 0.6) is 0 Å². The Bertz CT molecular complexity index is 656. The van der Waals surface area contributed by atoms with Gasteiger partial charge in [-0.3, -0.25) is 0 Å².